The first-order valence-corrected chi connectivity index (χ1v) is 6.52. The van der Waals surface area contributed by atoms with Crippen molar-refractivity contribution in [1.82, 2.24) is 5.32 Å². The molecule has 0 spiro atoms. The van der Waals surface area contributed by atoms with Crippen LogP contribution in [0.3, 0.4) is 0 Å². The van der Waals surface area contributed by atoms with Crippen LogP contribution in [-0.2, 0) is 11.3 Å². The Morgan fingerprint density at radius 2 is 2.15 bits per heavy atom. The molecule has 112 valence electrons. The lowest BCUT2D eigenvalue weighted by Crippen LogP contribution is -2.20. The van der Waals surface area contributed by atoms with Gasteiger partial charge < -0.3 is 14.8 Å². The molecule has 1 atom stereocenters. The maximum atomic E-state index is 12.3. The van der Waals surface area contributed by atoms with Crippen molar-refractivity contribution in [2.45, 2.75) is 25.1 Å². The van der Waals surface area contributed by atoms with Gasteiger partial charge in [0.15, 0.2) is 6.61 Å². The number of ether oxygens (including phenoxy) is 2. The van der Waals surface area contributed by atoms with Crippen LogP contribution in [0.4, 0.5) is 13.2 Å². The van der Waals surface area contributed by atoms with Crippen LogP contribution in [0.15, 0.2) is 18.2 Å². The molecule has 1 saturated heterocycles. The lowest BCUT2D eigenvalue weighted by Gasteiger charge is -2.19. The summed E-state index contributed by atoms with van der Waals surface area (Å²) in [5.41, 5.74) is 1.73. The fourth-order valence-corrected chi connectivity index (χ4v) is 2.48. The summed E-state index contributed by atoms with van der Waals surface area (Å²) in [5.74, 6) is 0.558. The smallest absolute Gasteiger partial charge is 0.422 e. The molecule has 1 aromatic carbocycles. The number of alkyl halides is 3. The molecule has 1 aromatic rings. The minimum atomic E-state index is -4.34. The summed E-state index contributed by atoms with van der Waals surface area (Å²) in [6, 6.07) is 5.23. The van der Waals surface area contributed by atoms with Gasteiger partial charge >= 0.3 is 6.18 Å². The average Bonchev–Trinajstić information content (AvgIpc) is 2.90. The van der Waals surface area contributed by atoms with E-state index in [0.717, 1.165) is 25.1 Å². The van der Waals surface area contributed by atoms with Gasteiger partial charge in [0, 0.05) is 19.2 Å². The molecule has 1 heterocycles. The van der Waals surface area contributed by atoms with E-state index in [9.17, 15) is 13.2 Å². The zero-order chi connectivity index (χ0) is 14.6. The summed E-state index contributed by atoms with van der Waals surface area (Å²) in [5, 5.41) is 3.25. The number of benzene rings is 1. The molecule has 1 aliphatic heterocycles. The molecular weight excluding hydrogens is 271 g/mol. The maximum absolute atomic E-state index is 12.3. The highest BCUT2D eigenvalue weighted by atomic mass is 19.4. The first kappa shape index (κ1) is 15.1. The van der Waals surface area contributed by atoms with Crippen LogP contribution >= 0.6 is 0 Å². The van der Waals surface area contributed by atoms with Gasteiger partial charge in [-0.3, -0.25) is 0 Å². The van der Waals surface area contributed by atoms with Gasteiger partial charge in [-0.1, -0.05) is 12.1 Å². The molecule has 3 nitrogen and oxygen atoms in total. The summed E-state index contributed by atoms with van der Waals surface area (Å²) in [7, 11) is 1.53. The number of hydrogen-bond acceptors (Lipinski definition) is 3. The third kappa shape index (κ3) is 3.86. The lowest BCUT2D eigenvalue weighted by atomic mass is 9.93. The predicted octanol–water partition coefficient (Wildman–Crippen LogP) is 2.85. The number of nitrogens with one attached hydrogen (secondary N) is 1. The first-order valence-electron chi connectivity index (χ1n) is 6.52. The third-order valence-electron chi connectivity index (χ3n) is 3.35. The Labute approximate surface area is 116 Å². The number of methoxy groups -OCH3 is 1. The van der Waals surface area contributed by atoms with Crippen LogP contribution < -0.4 is 10.1 Å². The molecule has 1 fully saturated rings. The molecule has 20 heavy (non-hydrogen) atoms. The van der Waals surface area contributed by atoms with Crippen molar-refractivity contribution in [2.75, 3.05) is 26.8 Å². The second-order valence-electron chi connectivity index (χ2n) is 4.85. The first-order chi connectivity index (χ1) is 9.51. The Morgan fingerprint density at radius 3 is 2.75 bits per heavy atom. The standard InChI is InChI=1S/C14H18F3NO2/c1-19-8-12-11(10-5-6-18-7-10)3-2-4-13(12)20-9-14(15,16)17/h2-4,10,18H,5-9H2,1H3/t10-/m0/s1. The van der Waals surface area contributed by atoms with Gasteiger partial charge in [0.25, 0.3) is 0 Å². The van der Waals surface area contributed by atoms with Crippen LogP contribution in [0, 0.1) is 0 Å². The fraction of sp³-hybridized carbons (Fsp3) is 0.571. The molecule has 2 rings (SSSR count). The Hall–Kier alpha value is -1.27. The molecular formula is C14H18F3NO2. The molecule has 0 amide bonds. The highest BCUT2D eigenvalue weighted by Gasteiger charge is 2.29. The van der Waals surface area contributed by atoms with E-state index in [0.29, 0.717) is 11.5 Å². The number of halogens is 3. The molecule has 0 aromatic heterocycles. The second kappa shape index (κ2) is 6.45. The van der Waals surface area contributed by atoms with Crippen LogP contribution in [0.2, 0.25) is 0 Å². The van der Waals surface area contributed by atoms with Crippen molar-refractivity contribution in [2.24, 2.45) is 0 Å². The summed E-state index contributed by atoms with van der Waals surface area (Å²) in [4.78, 5) is 0. The van der Waals surface area contributed by atoms with E-state index in [4.69, 9.17) is 9.47 Å². The number of hydrogen-bond donors (Lipinski definition) is 1. The minimum absolute atomic E-state index is 0.250. The summed E-state index contributed by atoms with van der Waals surface area (Å²) in [6.07, 6.45) is -3.37. The van der Waals surface area contributed by atoms with E-state index in [2.05, 4.69) is 5.32 Å². The Kier molecular flexibility index (Phi) is 4.88. The monoisotopic (exact) mass is 289 g/mol. The van der Waals surface area contributed by atoms with Crippen LogP contribution in [0.5, 0.6) is 5.75 Å². The predicted molar refractivity (Wildman–Crippen MR) is 68.9 cm³/mol. The van der Waals surface area contributed by atoms with Crippen LogP contribution in [0.1, 0.15) is 23.5 Å². The van der Waals surface area contributed by atoms with Crippen molar-refractivity contribution in [3.05, 3.63) is 29.3 Å². The normalized spacial score (nSPS) is 19.3. The summed E-state index contributed by atoms with van der Waals surface area (Å²) in [6.45, 7) is 0.722. The highest BCUT2D eigenvalue weighted by Crippen LogP contribution is 2.32. The van der Waals surface area contributed by atoms with Gasteiger partial charge in [-0.15, -0.1) is 0 Å². The van der Waals surface area contributed by atoms with Gasteiger partial charge in [0.1, 0.15) is 5.75 Å². The van der Waals surface area contributed by atoms with Crippen LogP contribution in [0.25, 0.3) is 0 Å². The van der Waals surface area contributed by atoms with E-state index in [-0.39, 0.29) is 12.4 Å². The largest absolute Gasteiger partial charge is 0.484 e. The van der Waals surface area contributed by atoms with Gasteiger partial charge in [-0.05, 0) is 30.5 Å². The van der Waals surface area contributed by atoms with Gasteiger partial charge in [0.2, 0.25) is 0 Å². The maximum Gasteiger partial charge on any atom is 0.422 e. The highest BCUT2D eigenvalue weighted by molar-refractivity contribution is 5.42. The summed E-state index contributed by atoms with van der Waals surface area (Å²) >= 11 is 0. The quantitative estimate of drug-likeness (QED) is 0.904. The SMILES string of the molecule is COCc1c(OCC(F)(F)F)cccc1[C@H]1CCNC1. The van der Waals surface area contributed by atoms with Gasteiger partial charge in [0.05, 0.1) is 6.61 Å². The Bertz CT molecular complexity index is 443. The van der Waals surface area contributed by atoms with Crippen molar-refractivity contribution in [1.29, 1.82) is 0 Å². The minimum Gasteiger partial charge on any atom is -0.484 e. The molecule has 0 radical (unpaired) electrons. The van der Waals surface area contributed by atoms with Crippen LogP contribution in [-0.4, -0.2) is 33.0 Å². The molecule has 1 N–H and O–H groups in total. The third-order valence-corrected chi connectivity index (χ3v) is 3.35. The number of rotatable bonds is 5. The Balaban J connectivity index is 2.23. The summed E-state index contributed by atoms with van der Waals surface area (Å²) < 4.78 is 46.9. The fourth-order valence-electron chi connectivity index (χ4n) is 2.48. The van der Waals surface area contributed by atoms with Crippen molar-refractivity contribution >= 4 is 0 Å². The second-order valence-corrected chi connectivity index (χ2v) is 4.85. The molecule has 1 aliphatic rings. The zero-order valence-electron chi connectivity index (χ0n) is 11.3. The van der Waals surface area contributed by atoms with Gasteiger partial charge in [-0.25, -0.2) is 0 Å². The molecule has 0 bridgehead atoms. The zero-order valence-corrected chi connectivity index (χ0v) is 11.3. The lowest BCUT2D eigenvalue weighted by molar-refractivity contribution is -0.153. The van der Waals surface area contributed by atoms with Crippen molar-refractivity contribution in [3.8, 4) is 5.75 Å². The molecule has 0 aliphatic carbocycles. The van der Waals surface area contributed by atoms with Crippen molar-refractivity contribution < 1.29 is 22.6 Å². The van der Waals surface area contributed by atoms with Gasteiger partial charge in [-0.2, -0.15) is 13.2 Å². The van der Waals surface area contributed by atoms with E-state index in [1.807, 2.05) is 6.07 Å². The van der Waals surface area contributed by atoms with E-state index >= 15 is 0 Å². The van der Waals surface area contributed by atoms with Crippen molar-refractivity contribution in [3.63, 3.8) is 0 Å². The van der Waals surface area contributed by atoms with E-state index < -0.39 is 12.8 Å². The topological polar surface area (TPSA) is 30.5 Å². The molecule has 0 unspecified atom stereocenters. The molecule has 6 heteroatoms. The van der Waals surface area contributed by atoms with E-state index in [1.54, 1.807) is 12.1 Å². The Morgan fingerprint density at radius 1 is 1.35 bits per heavy atom. The average molecular weight is 289 g/mol. The van der Waals surface area contributed by atoms with E-state index in [1.165, 1.54) is 7.11 Å². The molecule has 0 saturated carbocycles.